The van der Waals surface area contributed by atoms with Crippen molar-refractivity contribution >= 4 is 23.7 Å². The zero-order valence-electron chi connectivity index (χ0n) is 18.0. The van der Waals surface area contributed by atoms with Crippen LogP contribution in [0.15, 0.2) is 58.3 Å². The van der Waals surface area contributed by atoms with Crippen LogP contribution in [-0.4, -0.2) is 27.7 Å². The van der Waals surface area contributed by atoms with Crippen molar-refractivity contribution in [1.82, 2.24) is 0 Å². The Morgan fingerprint density at radius 2 is 1.55 bits per heavy atom. The summed E-state index contributed by atoms with van der Waals surface area (Å²) in [5.41, 5.74) is 7.02. The fourth-order valence-corrected chi connectivity index (χ4v) is 11.5. The molecule has 6 aliphatic rings. The predicted octanol–water partition coefficient (Wildman–Crippen LogP) is 4.06. The fourth-order valence-electron chi connectivity index (χ4n) is 10.3. The predicted molar refractivity (Wildman–Crippen MR) is 121 cm³/mol. The van der Waals surface area contributed by atoms with E-state index in [1.807, 2.05) is 24.3 Å². The number of aliphatic carboxylic acids is 2. The third-order valence-electron chi connectivity index (χ3n) is 11.2. The number of rotatable bonds is 5. The first-order valence-electron chi connectivity index (χ1n) is 12.0. The van der Waals surface area contributed by atoms with Gasteiger partial charge in [0.15, 0.2) is 0 Å². The summed E-state index contributed by atoms with van der Waals surface area (Å²) in [5, 5.41) is 20.8. The zero-order valence-corrected chi connectivity index (χ0v) is 18.8. The molecule has 5 nitrogen and oxygen atoms in total. The number of hydrogen-bond donors (Lipinski definition) is 3. The number of nitrogens with two attached hydrogens (primary N) is 1. The van der Waals surface area contributed by atoms with Crippen molar-refractivity contribution in [2.75, 3.05) is 0 Å². The first-order chi connectivity index (χ1) is 15.9. The van der Waals surface area contributed by atoms with E-state index in [4.69, 9.17) is 5.73 Å². The van der Waals surface area contributed by atoms with Gasteiger partial charge in [-0.3, -0.25) is 9.59 Å². The normalized spacial score (nSPS) is 43.9. The standard InChI is InChI=1S/C27H25NO4S/c28-27(24(31)32,9-14-12-5-1-3-7-17(12)33-18-8-4-2-6-13(14)18)26-11-15-19-21-20(22(19)26)16(26)10-25(15,21)23(29)30/h1-8,14-16,19-22H,9-11,28H2,(H,29,30)(H,31,32). The highest BCUT2D eigenvalue weighted by Gasteiger charge is 2.98. The summed E-state index contributed by atoms with van der Waals surface area (Å²) in [6.07, 6.45) is 1.68. The van der Waals surface area contributed by atoms with Crippen molar-refractivity contribution in [1.29, 1.82) is 0 Å². The molecule has 33 heavy (non-hydrogen) atoms. The summed E-state index contributed by atoms with van der Waals surface area (Å²) >= 11 is 1.74. The molecule has 8 rings (SSSR count). The van der Waals surface area contributed by atoms with E-state index in [0.717, 1.165) is 11.1 Å². The maximum atomic E-state index is 13.1. The van der Waals surface area contributed by atoms with Crippen molar-refractivity contribution in [2.24, 2.45) is 52.1 Å². The number of fused-ring (bicyclic) bond motifs is 4. The topological polar surface area (TPSA) is 101 Å². The van der Waals surface area contributed by atoms with Crippen molar-refractivity contribution in [2.45, 2.75) is 40.5 Å². The highest BCUT2D eigenvalue weighted by molar-refractivity contribution is 7.99. The molecule has 9 atom stereocenters. The van der Waals surface area contributed by atoms with Gasteiger partial charge in [0.1, 0.15) is 5.54 Å². The molecule has 6 heteroatoms. The van der Waals surface area contributed by atoms with Crippen LogP contribution >= 0.6 is 11.8 Å². The third kappa shape index (κ3) is 1.70. The Balaban J connectivity index is 1.25. The minimum atomic E-state index is -1.36. The Hall–Kier alpha value is -2.31. The molecule has 0 aromatic heterocycles. The van der Waals surface area contributed by atoms with Gasteiger partial charge in [-0.25, -0.2) is 0 Å². The molecule has 0 amide bonds. The van der Waals surface area contributed by atoms with Crippen LogP contribution in [0.1, 0.15) is 36.3 Å². The lowest BCUT2D eigenvalue weighted by Crippen LogP contribution is -2.77. The van der Waals surface area contributed by atoms with Crippen LogP contribution in [0.5, 0.6) is 0 Å². The van der Waals surface area contributed by atoms with Gasteiger partial charge < -0.3 is 15.9 Å². The SMILES string of the molecule is NC(CC1c2ccccc2Sc2ccccc21)(C(=O)O)C12CC3C4C5C(C1CC35C(=O)O)C42. The second-order valence-electron chi connectivity index (χ2n) is 11.4. The van der Waals surface area contributed by atoms with Crippen molar-refractivity contribution in [3.63, 3.8) is 0 Å². The van der Waals surface area contributed by atoms with Gasteiger partial charge in [0.05, 0.1) is 5.41 Å². The molecule has 5 fully saturated rings. The molecule has 1 heterocycles. The molecular formula is C27H25NO4S. The number of carboxylic acid groups (broad SMARTS) is 2. The lowest BCUT2D eigenvalue weighted by atomic mass is 9.31. The average Bonchev–Trinajstić information content (AvgIpc) is 3.02. The Bertz CT molecular complexity index is 1240. The highest BCUT2D eigenvalue weighted by atomic mass is 32.2. The Labute approximate surface area is 195 Å². The highest BCUT2D eigenvalue weighted by Crippen LogP contribution is 2.98. The number of hydrogen-bond acceptors (Lipinski definition) is 4. The van der Waals surface area contributed by atoms with Crippen LogP contribution in [-0.2, 0) is 9.59 Å². The molecule has 168 valence electrons. The average molecular weight is 460 g/mol. The zero-order chi connectivity index (χ0) is 22.5. The van der Waals surface area contributed by atoms with Gasteiger partial charge in [-0.2, -0.15) is 0 Å². The largest absolute Gasteiger partial charge is 0.481 e. The minimum absolute atomic E-state index is 0.0772. The molecule has 2 aromatic rings. The van der Waals surface area contributed by atoms with Gasteiger partial charge in [-0.1, -0.05) is 48.2 Å². The lowest BCUT2D eigenvalue weighted by molar-refractivity contribution is -0.266. The van der Waals surface area contributed by atoms with Crippen molar-refractivity contribution in [3.05, 3.63) is 59.7 Å². The van der Waals surface area contributed by atoms with Crippen LogP contribution in [0.3, 0.4) is 0 Å². The summed E-state index contributed by atoms with van der Waals surface area (Å²) in [5.74, 6) is -0.0408. The van der Waals surface area contributed by atoms with E-state index in [9.17, 15) is 19.8 Å². The Morgan fingerprint density at radius 3 is 2.15 bits per heavy atom. The van der Waals surface area contributed by atoms with E-state index in [1.165, 1.54) is 9.79 Å². The fraction of sp³-hybridized carbons (Fsp3) is 0.481. The van der Waals surface area contributed by atoms with Crippen LogP contribution in [0, 0.1) is 46.3 Å². The van der Waals surface area contributed by atoms with Gasteiger partial charge in [0.2, 0.25) is 0 Å². The van der Waals surface area contributed by atoms with E-state index < -0.39 is 28.3 Å². The molecule has 4 N–H and O–H groups in total. The quantitative estimate of drug-likeness (QED) is 0.624. The van der Waals surface area contributed by atoms with Crippen LogP contribution < -0.4 is 5.73 Å². The van der Waals surface area contributed by atoms with E-state index in [1.54, 1.807) is 11.8 Å². The van der Waals surface area contributed by atoms with E-state index in [0.29, 0.717) is 37.0 Å². The molecule has 2 aromatic carbocycles. The van der Waals surface area contributed by atoms with Gasteiger partial charge in [-0.05, 0) is 78.0 Å². The monoisotopic (exact) mass is 459 g/mol. The van der Waals surface area contributed by atoms with Gasteiger partial charge in [-0.15, -0.1) is 0 Å². The minimum Gasteiger partial charge on any atom is -0.481 e. The van der Waals surface area contributed by atoms with Crippen molar-refractivity contribution in [3.8, 4) is 0 Å². The van der Waals surface area contributed by atoms with Crippen LogP contribution in [0.25, 0.3) is 0 Å². The summed E-state index contributed by atoms with van der Waals surface area (Å²) in [4.78, 5) is 27.7. The van der Waals surface area contributed by atoms with Crippen LogP contribution in [0.4, 0.5) is 0 Å². The summed E-state index contributed by atoms with van der Waals surface area (Å²) in [6.45, 7) is 0. The Kier molecular flexibility index (Phi) is 3.17. The second-order valence-corrected chi connectivity index (χ2v) is 12.5. The summed E-state index contributed by atoms with van der Waals surface area (Å²) in [7, 11) is 0. The van der Waals surface area contributed by atoms with E-state index >= 15 is 0 Å². The van der Waals surface area contributed by atoms with Crippen molar-refractivity contribution < 1.29 is 19.8 Å². The van der Waals surface area contributed by atoms with E-state index in [2.05, 4.69) is 24.3 Å². The van der Waals surface area contributed by atoms with E-state index in [-0.39, 0.29) is 23.7 Å². The molecule has 0 saturated heterocycles. The van der Waals surface area contributed by atoms with Gasteiger partial charge in [0.25, 0.3) is 0 Å². The molecular weight excluding hydrogens is 434 g/mol. The second kappa shape index (κ2) is 5.49. The first kappa shape index (κ1) is 19.0. The number of benzene rings is 2. The molecule has 9 unspecified atom stereocenters. The van der Waals surface area contributed by atoms with Gasteiger partial charge in [0, 0.05) is 21.1 Å². The smallest absolute Gasteiger partial charge is 0.324 e. The molecule has 0 bridgehead atoms. The molecule has 1 aliphatic heterocycles. The number of carbonyl (C=O) groups is 2. The third-order valence-corrected chi connectivity index (χ3v) is 12.3. The summed E-state index contributed by atoms with van der Waals surface area (Å²) < 4.78 is 0. The molecule has 5 saturated carbocycles. The maximum Gasteiger partial charge on any atom is 0.324 e. The molecule has 0 spiro atoms. The number of carboxylic acids is 2. The first-order valence-corrected chi connectivity index (χ1v) is 12.8. The summed E-state index contributed by atoms with van der Waals surface area (Å²) in [6, 6.07) is 16.6. The molecule has 5 aliphatic carbocycles. The molecule has 0 radical (unpaired) electrons. The maximum absolute atomic E-state index is 13.1. The Morgan fingerprint density at radius 1 is 0.939 bits per heavy atom. The van der Waals surface area contributed by atoms with Gasteiger partial charge >= 0.3 is 11.9 Å². The van der Waals surface area contributed by atoms with Crippen LogP contribution in [0.2, 0.25) is 0 Å². The lowest BCUT2D eigenvalue weighted by Gasteiger charge is -2.73.